The van der Waals surface area contributed by atoms with Crippen molar-refractivity contribution in [1.82, 2.24) is 15.4 Å². The Morgan fingerprint density at radius 1 is 1.21 bits per heavy atom. The summed E-state index contributed by atoms with van der Waals surface area (Å²) in [6.45, 7) is 4.72. The summed E-state index contributed by atoms with van der Waals surface area (Å²) in [5.41, 5.74) is 0.850. The van der Waals surface area contributed by atoms with Crippen molar-refractivity contribution in [2.75, 3.05) is 33.4 Å². The van der Waals surface area contributed by atoms with Crippen LogP contribution in [0.25, 0.3) is 0 Å². The van der Waals surface area contributed by atoms with Crippen LogP contribution in [-0.4, -0.2) is 47.7 Å². The van der Waals surface area contributed by atoms with Crippen molar-refractivity contribution in [3.8, 4) is 0 Å². The molecule has 3 N–H and O–H groups in total. The molecular weight excluding hydrogens is 388 g/mol. The van der Waals surface area contributed by atoms with E-state index < -0.39 is 10.0 Å². The first-order valence-corrected chi connectivity index (χ1v) is 12.1. The summed E-state index contributed by atoms with van der Waals surface area (Å²) >= 11 is 0. The minimum atomic E-state index is -3.54. The molecule has 0 heterocycles. The Hall–Kier alpha value is -1.64. The smallest absolute Gasteiger partial charge is 0.240 e. The van der Waals surface area contributed by atoms with Crippen molar-refractivity contribution >= 4 is 16.0 Å². The molecule has 1 saturated carbocycles. The van der Waals surface area contributed by atoms with Gasteiger partial charge >= 0.3 is 0 Å². The van der Waals surface area contributed by atoms with Gasteiger partial charge in [0.25, 0.3) is 0 Å². The zero-order chi connectivity index (χ0) is 21.0. The van der Waals surface area contributed by atoms with Gasteiger partial charge in [-0.3, -0.25) is 0 Å². The molecule has 0 saturated heterocycles. The van der Waals surface area contributed by atoms with Crippen LogP contribution in [0.4, 0.5) is 0 Å². The Labute approximate surface area is 175 Å². The molecule has 0 atom stereocenters. The Balaban J connectivity index is 1.88. The number of hydrogen-bond donors (Lipinski definition) is 3. The summed E-state index contributed by atoms with van der Waals surface area (Å²) in [4.78, 5) is 4.86. The zero-order valence-electron chi connectivity index (χ0n) is 17.7. The van der Waals surface area contributed by atoms with Gasteiger partial charge in [-0.2, -0.15) is 0 Å². The molecule has 0 aromatic heterocycles. The molecular formula is C21H36N4O3S. The molecule has 0 radical (unpaired) electrons. The second-order valence-corrected chi connectivity index (χ2v) is 9.22. The van der Waals surface area contributed by atoms with E-state index in [1.165, 1.54) is 39.2 Å². The van der Waals surface area contributed by atoms with Crippen molar-refractivity contribution in [3.63, 3.8) is 0 Å². The monoisotopic (exact) mass is 424 g/mol. The Kier molecular flexibility index (Phi) is 10.5. The van der Waals surface area contributed by atoms with Gasteiger partial charge in [-0.1, -0.05) is 37.8 Å². The van der Waals surface area contributed by atoms with Gasteiger partial charge in [-0.15, -0.1) is 0 Å². The minimum absolute atomic E-state index is 0.246. The molecule has 8 heteroatoms. The molecule has 1 aliphatic carbocycles. The number of aliphatic imine (C=N–C) groups is 1. The minimum Gasteiger partial charge on any atom is -0.383 e. The summed E-state index contributed by atoms with van der Waals surface area (Å²) < 4.78 is 32.1. The molecule has 0 aliphatic heterocycles. The Morgan fingerprint density at radius 3 is 2.72 bits per heavy atom. The number of nitrogens with one attached hydrogen (secondary N) is 3. The van der Waals surface area contributed by atoms with Crippen LogP contribution in [0, 0.1) is 5.92 Å². The molecule has 0 bridgehead atoms. The quantitative estimate of drug-likeness (QED) is 0.273. The average molecular weight is 425 g/mol. The Bertz CT molecular complexity index is 731. The van der Waals surface area contributed by atoms with Crippen LogP contribution in [0.5, 0.6) is 0 Å². The zero-order valence-corrected chi connectivity index (χ0v) is 18.6. The summed E-state index contributed by atoms with van der Waals surface area (Å²) in [6, 6.07) is 6.90. The standard InChI is InChI=1S/C21H36N4O3S/c1-3-22-21(23-13-7-11-18-8-4-5-9-18)24-17-19-10-6-12-20(16-19)29(26,27)25-14-15-28-2/h6,10,12,16,18,25H,3-5,7-9,11,13-15,17H2,1-2H3,(H2,22,23,24). The summed E-state index contributed by atoms with van der Waals surface area (Å²) in [5, 5.41) is 6.64. The fraction of sp³-hybridized carbons (Fsp3) is 0.667. The van der Waals surface area contributed by atoms with Gasteiger partial charge in [-0.05, 0) is 43.4 Å². The van der Waals surface area contributed by atoms with E-state index >= 15 is 0 Å². The van der Waals surface area contributed by atoms with Gasteiger partial charge in [0.2, 0.25) is 10.0 Å². The second kappa shape index (κ2) is 12.8. The van der Waals surface area contributed by atoms with Gasteiger partial charge in [0.1, 0.15) is 0 Å². The topological polar surface area (TPSA) is 91.8 Å². The number of nitrogens with zero attached hydrogens (tertiary/aromatic N) is 1. The predicted molar refractivity (Wildman–Crippen MR) is 118 cm³/mol. The second-order valence-electron chi connectivity index (χ2n) is 7.45. The van der Waals surface area contributed by atoms with Gasteiger partial charge < -0.3 is 15.4 Å². The lowest BCUT2D eigenvalue weighted by molar-refractivity contribution is 0.204. The highest BCUT2D eigenvalue weighted by molar-refractivity contribution is 7.89. The fourth-order valence-corrected chi connectivity index (χ4v) is 4.66. The van der Waals surface area contributed by atoms with Gasteiger partial charge in [0.15, 0.2) is 5.96 Å². The van der Waals surface area contributed by atoms with E-state index in [4.69, 9.17) is 4.74 Å². The lowest BCUT2D eigenvalue weighted by Crippen LogP contribution is -2.37. The first kappa shape index (κ1) is 23.6. The highest BCUT2D eigenvalue weighted by Crippen LogP contribution is 2.28. The van der Waals surface area contributed by atoms with Gasteiger partial charge in [-0.25, -0.2) is 18.1 Å². The molecule has 1 fully saturated rings. The fourth-order valence-electron chi connectivity index (χ4n) is 3.58. The van der Waals surface area contributed by atoms with Gasteiger partial charge in [0, 0.05) is 26.7 Å². The van der Waals surface area contributed by atoms with Crippen molar-refractivity contribution in [1.29, 1.82) is 0 Å². The number of rotatable bonds is 12. The van der Waals surface area contributed by atoms with Crippen molar-refractivity contribution in [3.05, 3.63) is 29.8 Å². The predicted octanol–water partition coefficient (Wildman–Crippen LogP) is 2.64. The van der Waals surface area contributed by atoms with E-state index in [2.05, 4.69) is 20.3 Å². The molecule has 0 spiro atoms. The average Bonchev–Trinajstić information content (AvgIpc) is 3.23. The van der Waals surface area contributed by atoms with Crippen LogP contribution in [-0.2, 0) is 21.3 Å². The number of guanidine groups is 1. The van der Waals surface area contributed by atoms with E-state index in [1.54, 1.807) is 18.2 Å². The number of methoxy groups -OCH3 is 1. The normalized spacial score (nSPS) is 15.6. The van der Waals surface area contributed by atoms with E-state index in [0.717, 1.165) is 37.0 Å². The molecule has 1 aliphatic rings. The third-order valence-electron chi connectivity index (χ3n) is 5.13. The maximum Gasteiger partial charge on any atom is 0.240 e. The van der Waals surface area contributed by atoms with Crippen LogP contribution < -0.4 is 15.4 Å². The summed E-state index contributed by atoms with van der Waals surface area (Å²) in [5.74, 6) is 1.67. The first-order valence-electron chi connectivity index (χ1n) is 10.6. The summed E-state index contributed by atoms with van der Waals surface area (Å²) in [7, 11) is -2.00. The molecule has 1 aromatic carbocycles. The third kappa shape index (κ3) is 8.72. The molecule has 1 aromatic rings. The SMILES string of the molecule is CCNC(=NCc1cccc(S(=O)(=O)NCCOC)c1)NCCCC1CCCC1. The lowest BCUT2D eigenvalue weighted by atomic mass is 10.0. The van der Waals surface area contributed by atoms with E-state index in [1.807, 2.05) is 13.0 Å². The van der Waals surface area contributed by atoms with Crippen molar-refractivity contribution in [2.45, 2.75) is 56.9 Å². The highest BCUT2D eigenvalue weighted by Gasteiger charge is 2.15. The molecule has 0 amide bonds. The number of ether oxygens (including phenoxy) is 1. The molecule has 0 unspecified atom stereocenters. The van der Waals surface area contributed by atoms with Crippen LogP contribution in [0.2, 0.25) is 0 Å². The van der Waals surface area contributed by atoms with Crippen LogP contribution >= 0.6 is 0 Å². The highest BCUT2D eigenvalue weighted by atomic mass is 32.2. The molecule has 164 valence electrons. The van der Waals surface area contributed by atoms with E-state index in [9.17, 15) is 8.42 Å². The van der Waals surface area contributed by atoms with E-state index in [-0.39, 0.29) is 11.4 Å². The first-order chi connectivity index (χ1) is 14.0. The largest absolute Gasteiger partial charge is 0.383 e. The third-order valence-corrected chi connectivity index (χ3v) is 6.59. The molecule has 7 nitrogen and oxygen atoms in total. The molecule has 29 heavy (non-hydrogen) atoms. The lowest BCUT2D eigenvalue weighted by Gasteiger charge is -2.13. The van der Waals surface area contributed by atoms with Crippen LogP contribution in [0.3, 0.4) is 0 Å². The van der Waals surface area contributed by atoms with Gasteiger partial charge in [0.05, 0.1) is 18.0 Å². The van der Waals surface area contributed by atoms with Crippen molar-refractivity contribution in [2.24, 2.45) is 10.9 Å². The molecule has 2 rings (SSSR count). The number of hydrogen-bond acceptors (Lipinski definition) is 4. The Morgan fingerprint density at radius 2 is 2.00 bits per heavy atom. The number of benzene rings is 1. The maximum absolute atomic E-state index is 12.4. The maximum atomic E-state index is 12.4. The van der Waals surface area contributed by atoms with Crippen LogP contribution in [0.1, 0.15) is 51.0 Å². The van der Waals surface area contributed by atoms with Crippen LogP contribution in [0.15, 0.2) is 34.2 Å². The summed E-state index contributed by atoms with van der Waals surface area (Å²) in [6.07, 6.45) is 7.97. The number of sulfonamides is 1. The van der Waals surface area contributed by atoms with Crippen molar-refractivity contribution < 1.29 is 13.2 Å². The van der Waals surface area contributed by atoms with E-state index in [0.29, 0.717) is 13.2 Å².